The summed E-state index contributed by atoms with van der Waals surface area (Å²) in [6.45, 7) is 4.46. The molecule has 0 saturated carbocycles. The Bertz CT molecular complexity index is 961. The van der Waals surface area contributed by atoms with E-state index in [9.17, 15) is 9.59 Å². The Morgan fingerprint density at radius 3 is 2.45 bits per heavy atom. The van der Waals surface area contributed by atoms with Crippen molar-refractivity contribution in [2.75, 3.05) is 33.2 Å². The Morgan fingerprint density at radius 1 is 1.13 bits per heavy atom. The number of pyridine rings is 1. The highest BCUT2D eigenvalue weighted by atomic mass is 35.5. The van der Waals surface area contributed by atoms with E-state index in [0.717, 1.165) is 42.6 Å². The normalized spacial score (nSPS) is 19.0. The number of carbonyl (C=O) groups is 2. The van der Waals surface area contributed by atoms with Crippen molar-refractivity contribution in [1.82, 2.24) is 14.8 Å². The van der Waals surface area contributed by atoms with Crippen molar-refractivity contribution < 1.29 is 19.8 Å². The number of fused-ring (bicyclic) bond motifs is 2. The van der Waals surface area contributed by atoms with Crippen LogP contribution in [0.15, 0.2) is 58.6 Å². The average Bonchev–Trinajstić information content (AvgIpc) is 2.90. The lowest BCUT2D eigenvalue weighted by molar-refractivity contribution is -0.134. The molecule has 1 saturated heterocycles. The zero-order valence-corrected chi connectivity index (χ0v) is 18.6. The molecule has 4 rings (SSSR count). The summed E-state index contributed by atoms with van der Waals surface area (Å²) in [5, 5.41) is 17.6. The van der Waals surface area contributed by atoms with E-state index in [1.165, 1.54) is 16.0 Å². The van der Waals surface area contributed by atoms with Crippen LogP contribution in [0.25, 0.3) is 0 Å². The Kier molecular flexibility index (Phi) is 8.09. The second kappa shape index (κ2) is 10.8. The van der Waals surface area contributed by atoms with Crippen molar-refractivity contribution in [3.05, 3.63) is 64.8 Å². The van der Waals surface area contributed by atoms with Gasteiger partial charge < -0.3 is 15.1 Å². The number of benzene rings is 1. The van der Waals surface area contributed by atoms with Crippen LogP contribution in [-0.4, -0.2) is 70.2 Å². The quantitative estimate of drug-likeness (QED) is 0.671. The van der Waals surface area contributed by atoms with Crippen LogP contribution in [0.1, 0.15) is 17.2 Å². The molecule has 1 fully saturated rings. The predicted octanol–water partition coefficient (Wildman–Crippen LogP) is 3.44. The first kappa shape index (κ1) is 23.3. The Hall–Kier alpha value is -2.39. The number of carboxylic acid groups (broad SMARTS) is 2. The fourth-order valence-corrected chi connectivity index (χ4v) is 4.80. The number of rotatable bonds is 3. The molecule has 0 radical (unpaired) electrons. The van der Waals surface area contributed by atoms with Gasteiger partial charge in [0, 0.05) is 60.5 Å². The first-order valence-corrected chi connectivity index (χ1v) is 11.0. The number of likely N-dealkylation sites (N-methyl/N-ethyl adjacent to an activating group) is 1. The maximum atomic E-state index is 9.55. The van der Waals surface area contributed by atoms with Crippen LogP contribution in [0.3, 0.4) is 0 Å². The van der Waals surface area contributed by atoms with E-state index >= 15 is 0 Å². The molecule has 2 N–H and O–H groups in total. The van der Waals surface area contributed by atoms with Crippen molar-refractivity contribution in [3.63, 3.8) is 0 Å². The van der Waals surface area contributed by atoms with Crippen molar-refractivity contribution >= 4 is 35.3 Å². The minimum atomic E-state index is -1.26. The van der Waals surface area contributed by atoms with Gasteiger partial charge in [-0.2, -0.15) is 0 Å². The lowest BCUT2D eigenvalue weighted by Crippen LogP contribution is -2.46. The molecule has 9 heteroatoms. The van der Waals surface area contributed by atoms with Crippen LogP contribution in [0.2, 0.25) is 5.02 Å². The largest absolute Gasteiger partial charge is 0.478 e. The maximum Gasteiger partial charge on any atom is 0.328 e. The molecule has 1 aromatic carbocycles. The smallest absolute Gasteiger partial charge is 0.328 e. The lowest BCUT2D eigenvalue weighted by atomic mass is 9.97. The summed E-state index contributed by atoms with van der Waals surface area (Å²) in [7, 11) is 2.20. The molecule has 164 valence electrons. The number of aliphatic carboxylic acids is 2. The molecule has 1 aromatic heterocycles. The van der Waals surface area contributed by atoms with Crippen LogP contribution in [-0.2, 0) is 16.0 Å². The third-order valence-corrected chi connectivity index (χ3v) is 6.54. The summed E-state index contributed by atoms with van der Waals surface area (Å²) in [5.41, 5.74) is 2.69. The van der Waals surface area contributed by atoms with Crippen molar-refractivity contribution in [2.45, 2.75) is 22.4 Å². The van der Waals surface area contributed by atoms with Gasteiger partial charge in [-0.3, -0.25) is 4.90 Å². The number of hydrogen-bond acceptors (Lipinski definition) is 6. The van der Waals surface area contributed by atoms with Crippen molar-refractivity contribution in [2.24, 2.45) is 0 Å². The summed E-state index contributed by atoms with van der Waals surface area (Å²) < 4.78 is 0. The minimum absolute atomic E-state index is 0.385. The predicted molar refractivity (Wildman–Crippen MR) is 120 cm³/mol. The van der Waals surface area contributed by atoms with Crippen molar-refractivity contribution in [1.29, 1.82) is 0 Å². The Morgan fingerprint density at radius 2 is 1.81 bits per heavy atom. The van der Waals surface area contributed by atoms with E-state index in [4.69, 9.17) is 21.8 Å². The van der Waals surface area contributed by atoms with Crippen LogP contribution < -0.4 is 0 Å². The third kappa shape index (κ3) is 6.54. The van der Waals surface area contributed by atoms with Crippen LogP contribution in [0.5, 0.6) is 0 Å². The van der Waals surface area contributed by atoms with Crippen LogP contribution >= 0.6 is 23.4 Å². The van der Waals surface area contributed by atoms with Gasteiger partial charge in [0.1, 0.15) is 5.03 Å². The van der Waals surface area contributed by atoms with Gasteiger partial charge in [-0.25, -0.2) is 14.6 Å². The standard InChI is InChI=1S/C18H20ClN3S.C4H4O4/c1-21-7-9-22(10-8-21)16-11-13-3-2-6-20-18(13)23-17-5-4-14(19)12-15(16)17;5-3(6)1-2-4(7)8/h2-6,12,16H,7-11H2,1H3;1-2H,(H,5,6)(H,7,8)/b;2-1-. The van der Waals surface area contributed by atoms with Gasteiger partial charge >= 0.3 is 11.9 Å². The number of halogens is 1. The van der Waals surface area contributed by atoms with Gasteiger partial charge in [0.2, 0.25) is 0 Å². The van der Waals surface area contributed by atoms with E-state index in [1.807, 2.05) is 18.3 Å². The molecule has 0 bridgehead atoms. The molecule has 1 unspecified atom stereocenters. The number of nitrogens with zero attached hydrogens (tertiary/aromatic N) is 3. The number of piperazine rings is 1. The molecule has 0 spiro atoms. The monoisotopic (exact) mass is 461 g/mol. The molecule has 2 aliphatic rings. The number of hydrogen-bond donors (Lipinski definition) is 2. The van der Waals surface area contributed by atoms with Crippen LogP contribution in [0, 0.1) is 0 Å². The molecule has 2 aliphatic heterocycles. The minimum Gasteiger partial charge on any atom is -0.478 e. The van der Waals surface area contributed by atoms with Gasteiger partial charge in [-0.1, -0.05) is 29.4 Å². The molecule has 31 heavy (non-hydrogen) atoms. The summed E-state index contributed by atoms with van der Waals surface area (Å²) >= 11 is 8.09. The highest BCUT2D eigenvalue weighted by molar-refractivity contribution is 7.99. The molecule has 1 atom stereocenters. The van der Waals surface area contributed by atoms with Gasteiger partial charge in [-0.05, 0) is 48.9 Å². The zero-order valence-electron chi connectivity index (χ0n) is 17.1. The zero-order chi connectivity index (χ0) is 22.4. The first-order valence-electron chi connectivity index (χ1n) is 9.81. The summed E-state index contributed by atoms with van der Waals surface area (Å²) in [5.74, 6) is -2.51. The van der Waals surface area contributed by atoms with E-state index in [-0.39, 0.29) is 0 Å². The molecule has 3 heterocycles. The Balaban J connectivity index is 0.000000293. The Labute approximate surface area is 190 Å². The number of carboxylic acids is 2. The SMILES string of the molecule is CN1CCN(C2Cc3cccnc3Sc3ccc(Cl)cc32)CC1.O=C(O)/C=C\C(=O)O. The van der Waals surface area contributed by atoms with Crippen molar-refractivity contribution in [3.8, 4) is 0 Å². The second-order valence-corrected chi connectivity index (χ2v) is 8.79. The lowest BCUT2D eigenvalue weighted by Gasteiger charge is -2.38. The van der Waals surface area contributed by atoms with E-state index in [2.05, 4.69) is 40.0 Å². The fraction of sp³-hybridized carbons (Fsp3) is 0.318. The average molecular weight is 462 g/mol. The first-order chi connectivity index (χ1) is 14.8. The highest BCUT2D eigenvalue weighted by Crippen LogP contribution is 2.42. The van der Waals surface area contributed by atoms with Crippen LogP contribution in [0.4, 0.5) is 0 Å². The van der Waals surface area contributed by atoms with Gasteiger partial charge in [0.15, 0.2) is 0 Å². The van der Waals surface area contributed by atoms with Gasteiger partial charge in [-0.15, -0.1) is 0 Å². The van der Waals surface area contributed by atoms with E-state index in [1.54, 1.807) is 11.8 Å². The van der Waals surface area contributed by atoms with Gasteiger partial charge in [0.05, 0.1) is 0 Å². The highest BCUT2D eigenvalue weighted by Gasteiger charge is 2.29. The molecule has 0 aliphatic carbocycles. The van der Waals surface area contributed by atoms with E-state index in [0.29, 0.717) is 18.2 Å². The fourth-order valence-electron chi connectivity index (χ4n) is 3.57. The molecule has 7 nitrogen and oxygen atoms in total. The topological polar surface area (TPSA) is 94.0 Å². The summed E-state index contributed by atoms with van der Waals surface area (Å²) in [6.07, 6.45) is 4.01. The molecular formula is C22H24ClN3O4S. The molecular weight excluding hydrogens is 438 g/mol. The maximum absolute atomic E-state index is 9.55. The third-order valence-electron chi connectivity index (χ3n) is 5.15. The molecule has 2 aromatic rings. The van der Waals surface area contributed by atoms with Gasteiger partial charge in [0.25, 0.3) is 0 Å². The summed E-state index contributed by atoms with van der Waals surface area (Å²) in [6, 6.07) is 10.9. The molecule has 0 amide bonds. The van der Waals surface area contributed by atoms with E-state index < -0.39 is 11.9 Å². The number of aromatic nitrogens is 1. The second-order valence-electron chi connectivity index (χ2n) is 7.32. The summed E-state index contributed by atoms with van der Waals surface area (Å²) in [4.78, 5) is 30.0.